The van der Waals surface area contributed by atoms with Crippen molar-refractivity contribution in [1.82, 2.24) is 0 Å². The Morgan fingerprint density at radius 3 is 2.54 bits per heavy atom. The topological polar surface area (TPSA) is 54.2 Å². The summed E-state index contributed by atoms with van der Waals surface area (Å²) in [6, 6.07) is 17.2. The van der Waals surface area contributed by atoms with Crippen LogP contribution in [0.1, 0.15) is 31.0 Å². The van der Waals surface area contributed by atoms with Crippen molar-refractivity contribution in [3.05, 3.63) is 65.7 Å². The van der Waals surface area contributed by atoms with Gasteiger partial charge in [0, 0.05) is 11.8 Å². The van der Waals surface area contributed by atoms with Gasteiger partial charge < -0.3 is 9.84 Å². The summed E-state index contributed by atoms with van der Waals surface area (Å²) in [6.07, 6.45) is 1.70. The Balaban J connectivity index is 1.80. The predicted molar refractivity (Wildman–Crippen MR) is 96.9 cm³/mol. The van der Waals surface area contributed by atoms with Gasteiger partial charge in [0.15, 0.2) is 0 Å². The van der Waals surface area contributed by atoms with E-state index in [1.54, 1.807) is 18.3 Å². The molecule has 2 aromatic carbocycles. The van der Waals surface area contributed by atoms with Gasteiger partial charge >= 0.3 is 0 Å². The van der Waals surface area contributed by atoms with Crippen LogP contribution < -0.4 is 0 Å². The molecule has 2 aromatic rings. The van der Waals surface area contributed by atoms with Crippen molar-refractivity contribution in [3.63, 3.8) is 0 Å². The number of aromatic hydroxyl groups is 1. The summed E-state index contributed by atoms with van der Waals surface area (Å²) in [5.41, 5.74) is 1.85. The van der Waals surface area contributed by atoms with Gasteiger partial charge in [-0.2, -0.15) is 0 Å². The van der Waals surface area contributed by atoms with Gasteiger partial charge in [0.1, 0.15) is 24.4 Å². The van der Waals surface area contributed by atoms with Crippen molar-refractivity contribution in [1.29, 1.82) is 0 Å². The zero-order valence-electron chi connectivity index (χ0n) is 14.0. The molecule has 0 saturated heterocycles. The van der Waals surface area contributed by atoms with Crippen LogP contribution in [0.4, 0.5) is 0 Å². The number of nitrogens with zero attached hydrogens (tertiary/aromatic N) is 2. The first-order valence-corrected chi connectivity index (χ1v) is 8.21. The first kappa shape index (κ1) is 16.2. The summed E-state index contributed by atoms with van der Waals surface area (Å²) in [5.74, 6) is 1.14. The van der Waals surface area contributed by atoms with Gasteiger partial charge in [-0.05, 0) is 23.6 Å². The Bertz CT molecular complexity index is 738. The number of rotatable bonds is 5. The zero-order chi connectivity index (χ0) is 16.9. The summed E-state index contributed by atoms with van der Waals surface area (Å²) in [6.45, 7) is 4.73. The fraction of sp³-hybridized carbons (Fsp3) is 0.300. The van der Waals surface area contributed by atoms with E-state index < -0.39 is 0 Å². The highest BCUT2D eigenvalue weighted by atomic mass is 16.5. The molecule has 0 radical (unpaired) electrons. The lowest BCUT2D eigenvalue weighted by atomic mass is 10.0. The fourth-order valence-electron chi connectivity index (χ4n) is 2.68. The predicted octanol–water partition coefficient (Wildman–Crippen LogP) is 4.01. The standard InChI is InChI=1S/C20H22N2O2/c1-14(2)19(21-12-16-10-6-7-11-18(16)23)20-22-17(13-24-20)15-8-4-3-5-9-15/h3-12,14,17,19,23H,13H2,1-2H3/t17-,19+/m1/s1. The lowest BCUT2D eigenvalue weighted by molar-refractivity contribution is 0.300. The number of phenols is 1. The van der Waals surface area contributed by atoms with Crippen LogP contribution in [0.15, 0.2) is 64.6 Å². The summed E-state index contributed by atoms with van der Waals surface area (Å²) in [7, 11) is 0. The molecule has 24 heavy (non-hydrogen) atoms. The van der Waals surface area contributed by atoms with E-state index in [0.717, 1.165) is 5.56 Å². The van der Waals surface area contributed by atoms with Crippen LogP contribution in [0, 0.1) is 5.92 Å². The largest absolute Gasteiger partial charge is 0.507 e. The van der Waals surface area contributed by atoms with Crippen LogP contribution >= 0.6 is 0 Å². The third kappa shape index (κ3) is 3.65. The van der Waals surface area contributed by atoms with E-state index in [9.17, 15) is 5.11 Å². The second kappa shape index (κ2) is 7.30. The minimum atomic E-state index is -0.154. The van der Waals surface area contributed by atoms with Crippen LogP contribution in [-0.2, 0) is 4.74 Å². The first-order chi connectivity index (χ1) is 11.6. The van der Waals surface area contributed by atoms with Crippen molar-refractivity contribution in [2.45, 2.75) is 25.9 Å². The number of para-hydroxylation sites is 1. The number of phenolic OH excluding ortho intramolecular Hbond substituents is 1. The molecule has 0 fully saturated rings. The normalized spacial score (nSPS) is 18.6. The van der Waals surface area contributed by atoms with E-state index in [-0.39, 0.29) is 23.8 Å². The molecule has 0 saturated carbocycles. The highest BCUT2D eigenvalue weighted by molar-refractivity contribution is 5.89. The van der Waals surface area contributed by atoms with E-state index in [1.165, 1.54) is 0 Å². The average molecular weight is 322 g/mol. The van der Waals surface area contributed by atoms with Crippen molar-refractivity contribution in [2.75, 3.05) is 6.61 Å². The molecule has 0 aliphatic carbocycles. The maximum atomic E-state index is 9.87. The molecule has 1 heterocycles. The monoisotopic (exact) mass is 322 g/mol. The molecular formula is C20H22N2O2. The van der Waals surface area contributed by atoms with Crippen molar-refractivity contribution >= 4 is 12.1 Å². The lowest BCUT2D eigenvalue weighted by Gasteiger charge is -2.15. The number of hydrogen-bond donors (Lipinski definition) is 1. The molecule has 124 valence electrons. The summed E-state index contributed by atoms with van der Waals surface area (Å²) >= 11 is 0. The van der Waals surface area contributed by atoms with Crippen LogP contribution in [0.2, 0.25) is 0 Å². The first-order valence-electron chi connectivity index (χ1n) is 8.21. The van der Waals surface area contributed by atoms with E-state index in [4.69, 9.17) is 9.73 Å². The molecular weight excluding hydrogens is 300 g/mol. The molecule has 1 aliphatic rings. The van der Waals surface area contributed by atoms with Crippen LogP contribution in [0.25, 0.3) is 0 Å². The van der Waals surface area contributed by atoms with Crippen LogP contribution in [-0.4, -0.2) is 29.9 Å². The zero-order valence-corrected chi connectivity index (χ0v) is 14.0. The van der Waals surface area contributed by atoms with Crippen LogP contribution in [0.5, 0.6) is 5.75 Å². The highest BCUT2D eigenvalue weighted by Gasteiger charge is 2.28. The molecule has 4 heteroatoms. The Labute approximate surface area is 142 Å². The summed E-state index contributed by atoms with van der Waals surface area (Å²) in [4.78, 5) is 9.36. The number of benzene rings is 2. The molecule has 3 rings (SSSR count). The quantitative estimate of drug-likeness (QED) is 0.846. The smallest absolute Gasteiger partial charge is 0.209 e. The highest BCUT2D eigenvalue weighted by Crippen LogP contribution is 2.26. The van der Waals surface area contributed by atoms with Crippen molar-refractivity contribution in [3.8, 4) is 5.75 Å². The van der Waals surface area contributed by atoms with Crippen LogP contribution in [0.3, 0.4) is 0 Å². The maximum Gasteiger partial charge on any atom is 0.209 e. The number of ether oxygens (including phenoxy) is 1. The second-order valence-corrected chi connectivity index (χ2v) is 6.23. The van der Waals surface area contributed by atoms with Crippen molar-refractivity contribution < 1.29 is 9.84 Å². The number of hydrogen-bond acceptors (Lipinski definition) is 4. The van der Waals surface area contributed by atoms with Gasteiger partial charge in [-0.1, -0.05) is 56.3 Å². The summed E-state index contributed by atoms with van der Waals surface area (Å²) < 4.78 is 5.84. The Morgan fingerprint density at radius 1 is 1.12 bits per heavy atom. The van der Waals surface area contributed by atoms with E-state index >= 15 is 0 Å². The molecule has 1 aliphatic heterocycles. The third-order valence-corrected chi connectivity index (χ3v) is 4.05. The minimum absolute atomic E-state index is 0.0304. The molecule has 4 nitrogen and oxygen atoms in total. The molecule has 0 bridgehead atoms. The van der Waals surface area contributed by atoms with Gasteiger partial charge in [-0.15, -0.1) is 0 Å². The minimum Gasteiger partial charge on any atom is -0.507 e. The van der Waals surface area contributed by atoms with Gasteiger partial charge in [0.05, 0.1) is 0 Å². The van der Waals surface area contributed by atoms with E-state index in [1.807, 2.05) is 30.3 Å². The molecule has 0 aromatic heterocycles. The molecule has 0 spiro atoms. The second-order valence-electron chi connectivity index (χ2n) is 6.23. The Hall–Kier alpha value is -2.62. The maximum absolute atomic E-state index is 9.87. The van der Waals surface area contributed by atoms with Gasteiger partial charge in [-0.25, -0.2) is 4.99 Å². The van der Waals surface area contributed by atoms with E-state index in [0.29, 0.717) is 18.1 Å². The summed E-state index contributed by atoms with van der Waals surface area (Å²) in [5, 5.41) is 9.87. The van der Waals surface area contributed by atoms with Gasteiger partial charge in [-0.3, -0.25) is 4.99 Å². The van der Waals surface area contributed by atoms with Gasteiger partial charge in [0.2, 0.25) is 5.90 Å². The Kier molecular flexibility index (Phi) is 4.94. The molecule has 2 atom stereocenters. The number of aliphatic imine (C=N–C) groups is 2. The van der Waals surface area contributed by atoms with E-state index in [2.05, 4.69) is 31.0 Å². The molecule has 1 N–H and O–H groups in total. The van der Waals surface area contributed by atoms with Crippen molar-refractivity contribution in [2.24, 2.45) is 15.9 Å². The molecule has 0 amide bonds. The fourth-order valence-corrected chi connectivity index (χ4v) is 2.68. The molecule has 0 unspecified atom stereocenters. The third-order valence-electron chi connectivity index (χ3n) is 4.05. The van der Waals surface area contributed by atoms with Gasteiger partial charge in [0.25, 0.3) is 0 Å². The average Bonchev–Trinajstić information content (AvgIpc) is 3.07. The lowest BCUT2D eigenvalue weighted by Crippen LogP contribution is -2.25. The SMILES string of the molecule is CC(C)[C@H](N=Cc1ccccc1O)C1=N[C@@H](c2ccccc2)CO1. The Morgan fingerprint density at radius 2 is 1.83 bits per heavy atom.